The number of hydrogen-bond acceptors (Lipinski definition) is 6. The molecule has 0 aromatic carbocycles. The maximum Gasteiger partial charge on any atom is 0.325 e. The van der Waals surface area contributed by atoms with E-state index in [2.05, 4.69) is 5.32 Å². The van der Waals surface area contributed by atoms with Crippen LogP contribution in [0, 0.1) is 0 Å². The minimum Gasteiger partial charge on any atom is -0.337 e. The molecule has 1 aromatic heterocycles. The molecule has 1 aliphatic carbocycles. The molecule has 2 atom stereocenters. The highest BCUT2D eigenvalue weighted by Crippen LogP contribution is 2.42. The number of rotatable bonds is 5. The van der Waals surface area contributed by atoms with Crippen LogP contribution in [0.2, 0.25) is 0 Å². The van der Waals surface area contributed by atoms with Gasteiger partial charge in [0.05, 0.1) is 11.5 Å². The Bertz CT molecular complexity index is 957. The predicted octanol–water partition coefficient (Wildman–Crippen LogP) is 1.26. The zero-order chi connectivity index (χ0) is 20.8. The van der Waals surface area contributed by atoms with E-state index in [9.17, 15) is 22.8 Å². The number of urea groups is 1. The van der Waals surface area contributed by atoms with Crippen molar-refractivity contribution in [2.75, 3.05) is 24.6 Å². The lowest BCUT2D eigenvalue weighted by molar-refractivity contribution is -0.140. The Labute approximate surface area is 174 Å². The van der Waals surface area contributed by atoms with E-state index in [-0.39, 0.29) is 35.9 Å². The number of thiophene rings is 1. The third-order valence-electron chi connectivity index (χ3n) is 6.06. The Hall–Kier alpha value is -1.94. The second kappa shape index (κ2) is 7.39. The third kappa shape index (κ3) is 3.46. The molecule has 1 N–H and O–H groups in total. The first-order chi connectivity index (χ1) is 13.8. The molecule has 2 fully saturated rings. The number of imide groups is 1. The van der Waals surface area contributed by atoms with Gasteiger partial charge >= 0.3 is 6.03 Å². The van der Waals surface area contributed by atoms with E-state index in [0.29, 0.717) is 25.8 Å². The highest BCUT2D eigenvalue weighted by Gasteiger charge is 2.55. The number of carbonyl (C=O) groups excluding carboxylic acids is 3. The van der Waals surface area contributed by atoms with Crippen LogP contribution < -0.4 is 5.32 Å². The molecule has 1 spiro atoms. The van der Waals surface area contributed by atoms with E-state index in [1.807, 2.05) is 18.4 Å². The van der Waals surface area contributed by atoms with Crippen LogP contribution in [0.15, 0.2) is 11.4 Å². The molecule has 158 valence electrons. The first-order valence-electron chi connectivity index (χ1n) is 9.98. The van der Waals surface area contributed by atoms with Gasteiger partial charge in [-0.05, 0) is 43.6 Å². The monoisotopic (exact) mass is 439 g/mol. The molecule has 0 radical (unpaired) electrons. The van der Waals surface area contributed by atoms with E-state index in [1.165, 1.54) is 4.90 Å². The topological polar surface area (TPSA) is 104 Å². The van der Waals surface area contributed by atoms with Gasteiger partial charge in [0.2, 0.25) is 5.91 Å². The molecule has 10 heteroatoms. The van der Waals surface area contributed by atoms with E-state index in [1.54, 1.807) is 11.3 Å². The summed E-state index contributed by atoms with van der Waals surface area (Å²) in [6.07, 6.45) is 3.27. The molecule has 29 heavy (non-hydrogen) atoms. The number of nitrogens with zero attached hydrogens (tertiary/aromatic N) is 2. The fourth-order valence-corrected chi connectivity index (χ4v) is 7.41. The quantitative estimate of drug-likeness (QED) is 0.696. The van der Waals surface area contributed by atoms with Crippen molar-refractivity contribution in [1.82, 2.24) is 15.1 Å². The second-order valence-electron chi connectivity index (χ2n) is 7.98. The van der Waals surface area contributed by atoms with E-state index in [0.717, 1.165) is 28.2 Å². The van der Waals surface area contributed by atoms with Gasteiger partial charge in [-0.3, -0.25) is 14.5 Å². The number of fused-ring (bicyclic) bond motifs is 2. The third-order valence-corrected chi connectivity index (χ3v) is 8.80. The summed E-state index contributed by atoms with van der Waals surface area (Å²) < 4.78 is 23.7. The molecule has 0 bridgehead atoms. The van der Waals surface area contributed by atoms with Crippen LogP contribution in [-0.2, 0) is 31.4 Å². The van der Waals surface area contributed by atoms with Crippen LogP contribution >= 0.6 is 11.3 Å². The normalized spacial score (nSPS) is 27.9. The van der Waals surface area contributed by atoms with Crippen LogP contribution in [0.3, 0.4) is 0 Å². The zero-order valence-corrected chi connectivity index (χ0v) is 18.0. The maximum atomic E-state index is 13.3. The molecular formula is C19H25N3O5S2. The molecule has 3 heterocycles. The smallest absolute Gasteiger partial charge is 0.325 e. The summed E-state index contributed by atoms with van der Waals surface area (Å²) in [6.45, 7) is 1.96. The first-order valence-corrected chi connectivity index (χ1v) is 12.7. The summed E-state index contributed by atoms with van der Waals surface area (Å²) in [4.78, 5) is 42.6. The van der Waals surface area contributed by atoms with Gasteiger partial charge in [0.1, 0.15) is 12.1 Å². The molecule has 1 aromatic rings. The van der Waals surface area contributed by atoms with E-state index >= 15 is 0 Å². The second-order valence-corrected chi connectivity index (χ2v) is 11.2. The molecule has 4 amide bonds. The van der Waals surface area contributed by atoms with Gasteiger partial charge in [-0.15, -0.1) is 11.3 Å². The lowest BCUT2D eigenvalue weighted by atomic mass is 9.80. The van der Waals surface area contributed by atoms with Gasteiger partial charge in [0, 0.05) is 23.0 Å². The molecule has 0 unspecified atom stereocenters. The molecule has 4 rings (SSSR count). The predicted molar refractivity (Wildman–Crippen MR) is 108 cm³/mol. The van der Waals surface area contributed by atoms with E-state index in [4.69, 9.17) is 0 Å². The number of hydrogen-bond donors (Lipinski definition) is 1. The summed E-state index contributed by atoms with van der Waals surface area (Å²) >= 11 is 1.58. The summed E-state index contributed by atoms with van der Waals surface area (Å²) in [7, 11) is -3.14. The van der Waals surface area contributed by atoms with Gasteiger partial charge in [-0.1, -0.05) is 6.92 Å². The van der Waals surface area contributed by atoms with Crippen LogP contribution in [0.25, 0.3) is 0 Å². The average molecular weight is 440 g/mol. The lowest BCUT2D eigenvalue weighted by Crippen LogP contribution is -2.49. The minimum atomic E-state index is -3.14. The fraction of sp³-hybridized carbons (Fsp3) is 0.632. The van der Waals surface area contributed by atoms with Crippen LogP contribution in [0.5, 0.6) is 0 Å². The highest BCUT2D eigenvalue weighted by molar-refractivity contribution is 7.91. The SMILES string of the molecule is CCCN(C(=O)CN1C(=O)N[C@@]2(CCCc3sccc32)C1=O)[C@@H]1CCS(=O)(=O)C1. The molecule has 0 saturated carbocycles. The maximum absolute atomic E-state index is 13.3. The number of aryl methyl sites for hydroxylation is 1. The van der Waals surface area contributed by atoms with Gasteiger partial charge in [0.25, 0.3) is 5.91 Å². The molecular weight excluding hydrogens is 414 g/mol. The molecule has 2 saturated heterocycles. The zero-order valence-electron chi connectivity index (χ0n) is 16.3. The van der Waals surface area contributed by atoms with Crippen molar-refractivity contribution in [3.05, 3.63) is 21.9 Å². The van der Waals surface area contributed by atoms with Crippen molar-refractivity contribution in [3.63, 3.8) is 0 Å². The Balaban J connectivity index is 1.54. The van der Waals surface area contributed by atoms with Crippen molar-refractivity contribution in [3.8, 4) is 0 Å². The Morgan fingerprint density at radius 3 is 2.90 bits per heavy atom. The summed E-state index contributed by atoms with van der Waals surface area (Å²) in [5.74, 6) is -0.749. The van der Waals surface area contributed by atoms with Crippen molar-refractivity contribution >= 4 is 39.0 Å². The standard InChI is InChI=1S/C19H25N3O5S2/c1-2-8-21(13-6-10-29(26,27)12-13)16(23)11-22-17(24)19(20-18(22)25)7-3-4-15-14(19)5-9-28-15/h5,9,13H,2-4,6-8,10-12H2,1H3,(H,20,25)/t13-,19-/m1/s1. The molecule has 2 aliphatic heterocycles. The Morgan fingerprint density at radius 1 is 1.41 bits per heavy atom. The van der Waals surface area contributed by atoms with Crippen molar-refractivity contribution in [1.29, 1.82) is 0 Å². The highest BCUT2D eigenvalue weighted by atomic mass is 32.2. The van der Waals surface area contributed by atoms with Crippen LogP contribution in [0.4, 0.5) is 4.79 Å². The number of sulfone groups is 1. The number of amides is 4. The summed E-state index contributed by atoms with van der Waals surface area (Å²) in [5, 5.41) is 4.77. The molecule has 8 nitrogen and oxygen atoms in total. The Kier molecular flexibility index (Phi) is 5.18. The summed E-state index contributed by atoms with van der Waals surface area (Å²) in [6, 6.07) is 0.938. The Morgan fingerprint density at radius 2 is 2.21 bits per heavy atom. The largest absolute Gasteiger partial charge is 0.337 e. The van der Waals surface area contributed by atoms with Crippen molar-refractivity contribution < 1.29 is 22.8 Å². The van der Waals surface area contributed by atoms with E-state index < -0.39 is 21.4 Å². The van der Waals surface area contributed by atoms with Crippen molar-refractivity contribution in [2.45, 2.75) is 50.6 Å². The first kappa shape index (κ1) is 20.3. The van der Waals surface area contributed by atoms with Gasteiger partial charge < -0.3 is 10.2 Å². The average Bonchev–Trinajstić information content (AvgIpc) is 3.34. The lowest BCUT2D eigenvalue weighted by Gasteiger charge is -2.32. The van der Waals surface area contributed by atoms with Gasteiger partial charge in [-0.25, -0.2) is 13.2 Å². The number of nitrogens with one attached hydrogen (secondary N) is 1. The number of carbonyl (C=O) groups is 3. The van der Waals surface area contributed by atoms with Crippen LogP contribution in [0.1, 0.15) is 43.0 Å². The fourth-order valence-electron chi connectivity index (χ4n) is 4.68. The summed E-state index contributed by atoms with van der Waals surface area (Å²) in [5.41, 5.74) is -0.230. The minimum absolute atomic E-state index is 0.0545. The van der Waals surface area contributed by atoms with Gasteiger partial charge in [-0.2, -0.15) is 0 Å². The molecule has 3 aliphatic rings. The van der Waals surface area contributed by atoms with Crippen LogP contribution in [-0.4, -0.2) is 66.7 Å². The van der Waals surface area contributed by atoms with Gasteiger partial charge in [0.15, 0.2) is 9.84 Å². The van der Waals surface area contributed by atoms with Crippen molar-refractivity contribution in [2.24, 2.45) is 0 Å².